The van der Waals surface area contributed by atoms with Crippen LogP contribution in [0.5, 0.6) is 0 Å². The molecule has 7 fully saturated rings. The van der Waals surface area contributed by atoms with Crippen molar-refractivity contribution in [1.82, 2.24) is 0 Å². The van der Waals surface area contributed by atoms with Crippen molar-refractivity contribution in [1.29, 1.82) is 0 Å². The van der Waals surface area contributed by atoms with Crippen molar-refractivity contribution < 1.29 is 73.0 Å². The van der Waals surface area contributed by atoms with E-state index < -0.39 is 96.8 Å². The minimum absolute atomic E-state index is 0.0642. The average Bonchev–Trinajstić information content (AvgIpc) is 3.61. The molecule has 4 heterocycles. The molecule has 0 aromatic heterocycles. The van der Waals surface area contributed by atoms with Crippen LogP contribution in [0.3, 0.4) is 0 Å². The van der Waals surface area contributed by atoms with Crippen LogP contribution in [-0.4, -0.2) is 136 Å². The fourth-order valence-electron chi connectivity index (χ4n) is 13.2. The van der Waals surface area contributed by atoms with Gasteiger partial charge >= 0.3 is 11.9 Å². The van der Waals surface area contributed by atoms with Crippen molar-refractivity contribution in [3.8, 4) is 0 Å². The molecule has 0 radical (unpaired) electrons. The highest BCUT2D eigenvalue weighted by atomic mass is 16.8. The van der Waals surface area contributed by atoms with Gasteiger partial charge in [0.1, 0.15) is 43.2 Å². The van der Waals surface area contributed by atoms with Crippen LogP contribution in [0, 0.1) is 46.3 Å². The molecule has 0 bridgehead atoms. The lowest BCUT2D eigenvalue weighted by Crippen LogP contribution is -2.66. The third kappa shape index (κ3) is 7.09. The Labute approximate surface area is 341 Å². The van der Waals surface area contributed by atoms with E-state index in [1.165, 1.54) is 20.8 Å². The Morgan fingerprint density at radius 2 is 1.60 bits per heavy atom. The molecule has 22 atom stereocenters. The molecule has 8 aliphatic rings. The lowest BCUT2D eigenvalue weighted by Gasteiger charge is -2.60. The first-order valence-electron chi connectivity index (χ1n) is 21.7. The third-order valence-electron chi connectivity index (χ3n) is 16.2. The molecular weight excluding hydrogens is 756 g/mol. The van der Waals surface area contributed by atoms with Crippen molar-refractivity contribution in [2.24, 2.45) is 46.3 Å². The van der Waals surface area contributed by atoms with Gasteiger partial charge in [0.25, 0.3) is 0 Å². The van der Waals surface area contributed by atoms with Gasteiger partial charge in [-0.2, -0.15) is 0 Å². The summed E-state index contributed by atoms with van der Waals surface area (Å²) in [5.74, 6) is 0.275. The second-order valence-corrected chi connectivity index (χ2v) is 19.6. The number of rotatable bonds is 7. The first-order chi connectivity index (χ1) is 27.4. The van der Waals surface area contributed by atoms with Crippen molar-refractivity contribution in [2.75, 3.05) is 13.2 Å². The number of hydrogen-bond donors (Lipinski definition) is 5. The van der Waals surface area contributed by atoms with Crippen LogP contribution in [0.2, 0.25) is 0 Å². The van der Waals surface area contributed by atoms with Gasteiger partial charge in [-0.25, -0.2) is 0 Å². The van der Waals surface area contributed by atoms with Crippen molar-refractivity contribution in [3.05, 3.63) is 11.6 Å². The number of carbonyl (C=O) groups excluding carboxylic acids is 2. The largest absolute Gasteiger partial charge is 0.463 e. The number of fused-ring (bicyclic) bond motifs is 7. The number of carbonyl (C=O) groups is 2. The summed E-state index contributed by atoms with van der Waals surface area (Å²) in [6.45, 7) is 13.5. The zero-order valence-corrected chi connectivity index (χ0v) is 34.9. The lowest BCUT2D eigenvalue weighted by molar-refractivity contribution is -0.374. The Morgan fingerprint density at radius 3 is 2.29 bits per heavy atom. The lowest BCUT2D eigenvalue weighted by atomic mass is 9.46. The highest BCUT2D eigenvalue weighted by molar-refractivity contribution is 5.66. The topological polar surface area (TPSA) is 209 Å². The molecule has 328 valence electrons. The van der Waals surface area contributed by atoms with E-state index in [1.54, 1.807) is 0 Å². The summed E-state index contributed by atoms with van der Waals surface area (Å²) in [7, 11) is 0. The van der Waals surface area contributed by atoms with E-state index in [0.717, 1.165) is 50.7 Å². The number of hydrogen-bond acceptors (Lipinski definition) is 15. The molecule has 58 heavy (non-hydrogen) atoms. The Kier molecular flexibility index (Phi) is 11.7. The molecule has 0 aromatic rings. The Bertz CT molecular complexity index is 1570. The Morgan fingerprint density at radius 1 is 0.845 bits per heavy atom. The third-order valence-corrected chi connectivity index (χ3v) is 16.2. The predicted octanol–water partition coefficient (Wildman–Crippen LogP) is 2.50. The molecular formula is C43H66O15. The highest BCUT2D eigenvalue weighted by Crippen LogP contribution is 2.71. The van der Waals surface area contributed by atoms with Crippen LogP contribution >= 0.6 is 0 Å². The van der Waals surface area contributed by atoms with Gasteiger partial charge in [0, 0.05) is 38.0 Å². The van der Waals surface area contributed by atoms with Gasteiger partial charge in [0.2, 0.25) is 0 Å². The summed E-state index contributed by atoms with van der Waals surface area (Å²) in [6, 6.07) is 0. The summed E-state index contributed by atoms with van der Waals surface area (Å²) in [5, 5.41) is 55.3. The van der Waals surface area contributed by atoms with Crippen LogP contribution in [0.25, 0.3) is 0 Å². The van der Waals surface area contributed by atoms with Gasteiger partial charge in [-0.15, -0.1) is 0 Å². The molecule has 5 N–H and O–H groups in total. The van der Waals surface area contributed by atoms with E-state index in [4.69, 9.17) is 37.9 Å². The standard InChI is InChI=1S/C43H66O15/c1-19-10-13-43(52-17-19)20(2)32-29(58-43)16-28-26-9-8-24-14-25(46)15-31(42(24,7)27(26)11-12-41(28,32)6)56-40-38(57-39-35(49)34(48)33(47)21(3)53-39)36(50)37(54-23(5)45)30(55-40)18-51-22(4)44/h8,19-21,25-40,46-50H,9-18H2,1-7H3/t19?,20-,21+,25-,26+,27?,28?,29-,30+,31+,32-,33+,34-,35-,36-,37-,38+,39+,40-,41-,42-,43+/m0/s1. The fourth-order valence-corrected chi connectivity index (χ4v) is 13.2. The molecule has 3 unspecified atom stereocenters. The summed E-state index contributed by atoms with van der Waals surface area (Å²) < 4.78 is 49.8. The zero-order valence-electron chi connectivity index (χ0n) is 34.9. The summed E-state index contributed by atoms with van der Waals surface area (Å²) in [6.07, 6.45) is -6.63. The first-order valence-corrected chi connectivity index (χ1v) is 21.7. The van der Waals surface area contributed by atoms with Gasteiger partial charge in [0.05, 0.1) is 31.0 Å². The molecule has 15 nitrogen and oxygen atoms in total. The first kappa shape index (κ1) is 42.9. The molecule has 0 aromatic carbocycles. The number of esters is 2. The number of aliphatic hydroxyl groups excluding tert-OH is 5. The molecule has 4 saturated heterocycles. The molecule has 4 aliphatic carbocycles. The molecule has 8 rings (SSSR count). The van der Waals surface area contributed by atoms with Gasteiger partial charge in [-0.3, -0.25) is 9.59 Å². The number of aliphatic hydroxyl groups is 5. The minimum atomic E-state index is -1.72. The summed E-state index contributed by atoms with van der Waals surface area (Å²) >= 11 is 0. The van der Waals surface area contributed by atoms with Crippen LogP contribution in [-0.2, 0) is 47.5 Å². The van der Waals surface area contributed by atoms with Crippen LogP contribution < -0.4 is 0 Å². The van der Waals surface area contributed by atoms with E-state index in [2.05, 4.69) is 33.8 Å². The molecule has 4 aliphatic heterocycles. The monoisotopic (exact) mass is 822 g/mol. The van der Waals surface area contributed by atoms with Crippen molar-refractivity contribution in [3.63, 3.8) is 0 Å². The SMILES string of the molecule is CC(=O)OC[C@H]1O[C@@H](O[C@@H]2C[C@@H](O)CC3=CC[C@H]4C5C[C@@H]6O[C@]7(CCC(C)CO7)[C@@H](C)[C@@H]6[C@@]5(C)CCC4[C@]32C)[C@H](O[C@H]2O[C@H](C)[C@@H](O)[C@H](O)[C@@H]2O)[C@@H](O)[C@H]1OC(C)=O. The Hall–Kier alpha value is -1.76. The predicted molar refractivity (Wildman–Crippen MR) is 202 cm³/mol. The van der Waals surface area contributed by atoms with E-state index >= 15 is 0 Å². The van der Waals surface area contributed by atoms with E-state index in [0.29, 0.717) is 30.1 Å². The van der Waals surface area contributed by atoms with Crippen molar-refractivity contribution in [2.45, 2.75) is 185 Å². The summed E-state index contributed by atoms with van der Waals surface area (Å²) in [4.78, 5) is 24.3. The highest BCUT2D eigenvalue weighted by Gasteiger charge is 2.69. The normalized spacial score (nSPS) is 53.8. The van der Waals surface area contributed by atoms with Gasteiger partial charge in [-0.05, 0) is 80.5 Å². The van der Waals surface area contributed by atoms with E-state index in [-0.39, 0.29) is 36.4 Å². The van der Waals surface area contributed by atoms with Crippen LogP contribution in [0.15, 0.2) is 11.6 Å². The van der Waals surface area contributed by atoms with Gasteiger partial charge in [0.15, 0.2) is 24.5 Å². The molecule has 1 spiro atoms. The second kappa shape index (κ2) is 15.9. The minimum Gasteiger partial charge on any atom is -0.463 e. The Balaban J connectivity index is 1.09. The quantitative estimate of drug-likeness (QED) is 0.185. The number of allylic oxidation sites excluding steroid dienone is 1. The van der Waals surface area contributed by atoms with Crippen molar-refractivity contribution >= 4 is 11.9 Å². The maximum absolute atomic E-state index is 12.3. The maximum Gasteiger partial charge on any atom is 0.303 e. The maximum atomic E-state index is 12.3. The fraction of sp³-hybridized carbons (Fsp3) is 0.907. The smallest absolute Gasteiger partial charge is 0.303 e. The molecule has 15 heteroatoms. The van der Waals surface area contributed by atoms with E-state index in [9.17, 15) is 35.1 Å². The zero-order chi connectivity index (χ0) is 41.6. The van der Waals surface area contributed by atoms with Crippen LogP contribution in [0.4, 0.5) is 0 Å². The number of ether oxygens (including phenoxy) is 8. The molecule has 3 saturated carbocycles. The van der Waals surface area contributed by atoms with Crippen LogP contribution in [0.1, 0.15) is 99.8 Å². The van der Waals surface area contributed by atoms with Gasteiger partial charge in [-0.1, -0.05) is 39.3 Å². The molecule has 0 amide bonds. The average molecular weight is 823 g/mol. The summed E-state index contributed by atoms with van der Waals surface area (Å²) in [5.41, 5.74) is 0.631. The second-order valence-electron chi connectivity index (χ2n) is 19.6. The van der Waals surface area contributed by atoms with E-state index in [1.807, 2.05) is 0 Å². The van der Waals surface area contributed by atoms with Gasteiger partial charge < -0.3 is 63.4 Å².